The average Bonchev–Trinajstić information content (AvgIpc) is 3.34. The molecule has 0 fully saturated rings. The van der Waals surface area contributed by atoms with Crippen molar-refractivity contribution < 1.29 is 9.53 Å². The van der Waals surface area contributed by atoms with Crippen molar-refractivity contribution in [1.82, 2.24) is 19.6 Å². The van der Waals surface area contributed by atoms with Crippen LogP contribution in [0.2, 0.25) is 5.02 Å². The molecule has 7 nitrogen and oxygen atoms in total. The van der Waals surface area contributed by atoms with Gasteiger partial charge < -0.3 is 10.1 Å². The number of hydrogen-bond donors (Lipinski definition) is 1. The summed E-state index contributed by atoms with van der Waals surface area (Å²) in [5, 5.41) is 12.2. The number of para-hydroxylation sites is 1. The number of rotatable bonds is 7. The van der Waals surface area contributed by atoms with Gasteiger partial charge in [0.2, 0.25) is 0 Å². The van der Waals surface area contributed by atoms with Crippen LogP contribution in [0, 0.1) is 13.8 Å². The molecule has 0 aliphatic heterocycles. The maximum atomic E-state index is 12.6. The molecule has 0 aliphatic rings. The van der Waals surface area contributed by atoms with E-state index in [2.05, 4.69) is 15.5 Å². The van der Waals surface area contributed by atoms with E-state index >= 15 is 0 Å². The zero-order chi connectivity index (χ0) is 21.8. The first-order valence-corrected chi connectivity index (χ1v) is 10.2. The lowest BCUT2D eigenvalue weighted by Gasteiger charge is -2.08. The van der Waals surface area contributed by atoms with E-state index in [1.807, 2.05) is 61.0 Å². The minimum atomic E-state index is -0.292. The summed E-state index contributed by atoms with van der Waals surface area (Å²) in [6, 6.07) is 18.6. The lowest BCUT2D eigenvalue weighted by Crippen LogP contribution is -2.14. The Morgan fingerprint density at radius 2 is 1.90 bits per heavy atom. The van der Waals surface area contributed by atoms with Gasteiger partial charge >= 0.3 is 0 Å². The standard InChI is InChI=1S/C23H22ClN5O2/c1-16-12-17(2)29(26-16)14-18-6-5-7-19(13-18)25-23(30)21-10-11-28(27-21)15-31-22-9-4-3-8-20(22)24/h3-13H,14-15H2,1-2H3,(H,25,30). The lowest BCUT2D eigenvalue weighted by molar-refractivity contribution is 0.102. The molecule has 0 saturated carbocycles. The van der Waals surface area contributed by atoms with Crippen LogP contribution in [0.3, 0.4) is 0 Å². The normalized spacial score (nSPS) is 10.8. The smallest absolute Gasteiger partial charge is 0.276 e. The summed E-state index contributed by atoms with van der Waals surface area (Å²) < 4.78 is 9.13. The van der Waals surface area contributed by atoms with Gasteiger partial charge in [-0.1, -0.05) is 35.9 Å². The Labute approximate surface area is 185 Å². The van der Waals surface area contributed by atoms with E-state index in [9.17, 15) is 4.79 Å². The molecular weight excluding hydrogens is 414 g/mol. The number of benzene rings is 2. The van der Waals surface area contributed by atoms with Gasteiger partial charge in [0.15, 0.2) is 12.4 Å². The molecule has 0 unspecified atom stereocenters. The number of amides is 1. The first-order valence-electron chi connectivity index (χ1n) is 9.80. The van der Waals surface area contributed by atoms with E-state index < -0.39 is 0 Å². The zero-order valence-corrected chi connectivity index (χ0v) is 18.0. The highest BCUT2D eigenvalue weighted by molar-refractivity contribution is 6.32. The summed E-state index contributed by atoms with van der Waals surface area (Å²) in [7, 11) is 0. The van der Waals surface area contributed by atoms with Gasteiger partial charge in [-0.25, -0.2) is 4.68 Å². The van der Waals surface area contributed by atoms with Crippen LogP contribution in [-0.4, -0.2) is 25.5 Å². The molecule has 158 valence electrons. The van der Waals surface area contributed by atoms with Crippen molar-refractivity contribution >= 4 is 23.2 Å². The Morgan fingerprint density at radius 3 is 2.68 bits per heavy atom. The number of carbonyl (C=O) groups is 1. The highest BCUT2D eigenvalue weighted by Crippen LogP contribution is 2.23. The monoisotopic (exact) mass is 435 g/mol. The number of aromatic nitrogens is 4. The molecule has 2 aromatic heterocycles. The second kappa shape index (κ2) is 9.06. The second-order valence-corrected chi connectivity index (χ2v) is 7.59. The van der Waals surface area contributed by atoms with Crippen LogP contribution in [0.4, 0.5) is 5.69 Å². The van der Waals surface area contributed by atoms with Crippen molar-refractivity contribution in [3.63, 3.8) is 0 Å². The third-order valence-electron chi connectivity index (χ3n) is 4.68. The Hall–Kier alpha value is -3.58. The van der Waals surface area contributed by atoms with Gasteiger partial charge in [0.05, 0.1) is 17.3 Å². The number of hydrogen-bond acceptors (Lipinski definition) is 4. The van der Waals surface area contributed by atoms with Gasteiger partial charge in [0, 0.05) is 17.6 Å². The summed E-state index contributed by atoms with van der Waals surface area (Å²) >= 11 is 6.09. The van der Waals surface area contributed by atoms with Crippen molar-refractivity contribution in [3.8, 4) is 5.75 Å². The van der Waals surface area contributed by atoms with E-state index in [1.165, 1.54) is 4.68 Å². The highest BCUT2D eigenvalue weighted by atomic mass is 35.5. The molecule has 1 amide bonds. The second-order valence-electron chi connectivity index (χ2n) is 7.18. The van der Waals surface area contributed by atoms with Crippen LogP contribution in [0.1, 0.15) is 27.4 Å². The average molecular weight is 436 g/mol. The fourth-order valence-corrected chi connectivity index (χ4v) is 3.39. The maximum absolute atomic E-state index is 12.6. The predicted octanol–water partition coefficient (Wildman–Crippen LogP) is 4.69. The van der Waals surface area contributed by atoms with Gasteiger partial charge in [-0.2, -0.15) is 10.2 Å². The lowest BCUT2D eigenvalue weighted by atomic mass is 10.2. The summed E-state index contributed by atoms with van der Waals surface area (Å²) in [6.45, 7) is 4.78. The molecule has 0 saturated heterocycles. The number of anilines is 1. The number of nitrogens with one attached hydrogen (secondary N) is 1. The number of halogens is 1. The van der Waals surface area contributed by atoms with Crippen molar-refractivity contribution in [3.05, 3.63) is 94.5 Å². The van der Waals surface area contributed by atoms with Crippen molar-refractivity contribution in [2.45, 2.75) is 27.1 Å². The molecule has 0 atom stereocenters. The molecule has 0 radical (unpaired) electrons. The van der Waals surface area contributed by atoms with Gasteiger partial charge in [0.1, 0.15) is 5.75 Å². The van der Waals surface area contributed by atoms with Crippen LogP contribution in [-0.2, 0) is 13.3 Å². The fraction of sp³-hybridized carbons (Fsp3) is 0.174. The van der Waals surface area contributed by atoms with E-state index in [4.69, 9.17) is 16.3 Å². The largest absolute Gasteiger partial charge is 0.470 e. The Morgan fingerprint density at radius 1 is 1.06 bits per heavy atom. The molecule has 8 heteroatoms. The minimum absolute atomic E-state index is 0.148. The van der Waals surface area contributed by atoms with Crippen LogP contribution < -0.4 is 10.1 Å². The number of nitrogens with zero attached hydrogens (tertiary/aromatic N) is 4. The molecule has 0 aliphatic carbocycles. The van der Waals surface area contributed by atoms with Gasteiger partial charge in [-0.3, -0.25) is 9.48 Å². The fourth-order valence-electron chi connectivity index (χ4n) is 3.20. The van der Waals surface area contributed by atoms with Crippen molar-refractivity contribution in [1.29, 1.82) is 0 Å². The molecule has 2 heterocycles. The van der Waals surface area contributed by atoms with Gasteiger partial charge in [-0.15, -0.1) is 0 Å². The van der Waals surface area contributed by atoms with Crippen molar-refractivity contribution in [2.24, 2.45) is 0 Å². The third-order valence-corrected chi connectivity index (χ3v) is 5.00. The summed E-state index contributed by atoms with van der Waals surface area (Å²) in [6.07, 6.45) is 1.69. The number of aryl methyl sites for hydroxylation is 2. The van der Waals surface area contributed by atoms with Crippen molar-refractivity contribution in [2.75, 3.05) is 5.32 Å². The molecular formula is C23H22ClN5O2. The predicted molar refractivity (Wildman–Crippen MR) is 120 cm³/mol. The molecule has 4 rings (SSSR count). The number of carbonyl (C=O) groups excluding carboxylic acids is 1. The van der Waals surface area contributed by atoms with E-state index in [0.717, 1.165) is 17.0 Å². The van der Waals surface area contributed by atoms with E-state index in [-0.39, 0.29) is 12.6 Å². The van der Waals surface area contributed by atoms with Crippen LogP contribution in [0.5, 0.6) is 5.75 Å². The summed E-state index contributed by atoms with van der Waals surface area (Å²) in [5.41, 5.74) is 4.12. The van der Waals surface area contributed by atoms with E-state index in [1.54, 1.807) is 24.4 Å². The van der Waals surface area contributed by atoms with Crippen LogP contribution in [0.15, 0.2) is 66.9 Å². The molecule has 0 bridgehead atoms. The summed E-state index contributed by atoms with van der Waals surface area (Å²) in [5.74, 6) is 0.268. The van der Waals surface area contributed by atoms with Gasteiger partial charge in [0.25, 0.3) is 5.91 Å². The molecule has 0 spiro atoms. The molecule has 1 N–H and O–H groups in total. The Kier molecular flexibility index (Phi) is 6.04. The molecule has 2 aromatic carbocycles. The molecule has 31 heavy (non-hydrogen) atoms. The van der Waals surface area contributed by atoms with E-state index in [0.29, 0.717) is 28.7 Å². The highest BCUT2D eigenvalue weighted by Gasteiger charge is 2.11. The SMILES string of the molecule is Cc1cc(C)n(Cc2cccc(NC(=O)c3ccn(COc4ccccc4Cl)n3)c2)n1. The van der Waals surface area contributed by atoms with Crippen LogP contribution in [0.25, 0.3) is 0 Å². The van der Waals surface area contributed by atoms with Gasteiger partial charge in [-0.05, 0) is 55.8 Å². The zero-order valence-electron chi connectivity index (χ0n) is 17.2. The Bertz CT molecular complexity index is 1210. The van der Waals surface area contributed by atoms with Crippen LogP contribution >= 0.6 is 11.6 Å². The quantitative estimate of drug-likeness (QED) is 0.457. The first kappa shape index (κ1) is 20.7. The number of ether oxygens (including phenoxy) is 1. The topological polar surface area (TPSA) is 74.0 Å². The third kappa shape index (κ3) is 5.13. The first-order chi connectivity index (χ1) is 15.0. The maximum Gasteiger partial charge on any atom is 0.276 e. The summed E-state index contributed by atoms with van der Waals surface area (Å²) in [4.78, 5) is 12.6. The Balaban J connectivity index is 1.38. The molecule has 4 aromatic rings. The minimum Gasteiger partial charge on any atom is -0.470 e.